The summed E-state index contributed by atoms with van der Waals surface area (Å²) in [5.74, 6) is 0.875. The molecule has 1 saturated heterocycles. The maximum Gasteiger partial charge on any atom is 0.255 e. The van der Waals surface area contributed by atoms with Crippen molar-refractivity contribution in [2.45, 2.75) is 25.0 Å². The van der Waals surface area contributed by atoms with E-state index in [1.54, 1.807) is 25.3 Å². The Morgan fingerprint density at radius 1 is 1.26 bits per heavy atom. The molecule has 0 saturated carbocycles. The van der Waals surface area contributed by atoms with Gasteiger partial charge in [0.1, 0.15) is 22.9 Å². The van der Waals surface area contributed by atoms with Crippen LogP contribution in [0, 0.1) is 5.82 Å². The van der Waals surface area contributed by atoms with Crippen LogP contribution < -0.4 is 14.8 Å². The van der Waals surface area contributed by atoms with Crippen LogP contribution in [-0.2, 0) is 6.54 Å². The SMILES string of the molecule is COc1ccc2c(c1)O[C@]1(CCCN(Cc3ccc(F)cc3)C1)CNC2=O. The molecule has 5 nitrogen and oxygen atoms in total. The maximum absolute atomic E-state index is 13.2. The number of piperidine rings is 1. The van der Waals surface area contributed by atoms with Crippen molar-refractivity contribution in [3.05, 3.63) is 59.4 Å². The molecule has 2 aliphatic rings. The third-order valence-corrected chi connectivity index (χ3v) is 5.27. The van der Waals surface area contributed by atoms with E-state index in [9.17, 15) is 9.18 Å². The lowest BCUT2D eigenvalue weighted by Crippen LogP contribution is -2.56. The number of carbonyl (C=O) groups is 1. The number of halogens is 1. The zero-order valence-corrected chi connectivity index (χ0v) is 15.3. The third-order valence-electron chi connectivity index (χ3n) is 5.27. The Balaban J connectivity index is 1.56. The van der Waals surface area contributed by atoms with Gasteiger partial charge in [0.15, 0.2) is 0 Å². The number of nitrogens with zero attached hydrogens (tertiary/aromatic N) is 1. The van der Waals surface area contributed by atoms with Gasteiger partial charge in [-0.3, -0.25) is 9.69 Å². The van der Waals surface area contributed by atoms with Gasteiger partial charge in [-0.05, 0) is 49.2 Å². The van der Waals surface area contributed by atoms with Gasteiger partial charge in [-0.15, -0.1) is 0 Å². The van der Waals surface area contributed by atoms with Crippen LogP contribution in [0.4, 0.5) is 4.39 Å². The molecule has 0 aliphatic carbocycles. The second-order valence-electron chi connectivity index (χ2n) is 7.27. The smallest absolute Gasteiger partial charge is 0.255 e. The molecular weight excluding hydrogens is 347 g/mol. The van der Waals surface area contributed by atoms with Crippen molar-refractivity contribution in [1.82, 2.24) is 10.2 Å². The van der Waals surface area contributed by atoms with Crippen molar-refractivity contribution >= 4 is 5.91 Å². The number of nitrogens with one attached hydrogen (secondary N) is 1. The number of hydrogen-bond donors (Lipinski definition) is 1. The topological polar surface area (TPSA) is 50.8 Å². The lowest BCUT2D eigenvalue weighted by molar-refractivity contribution is -0.00715. The fourth-order valence-corrected chi connectivity index (χ4v) is 3.91. The molecular formula is C21H23FN2O3. The molecule has 2 aromatic rings. The van der Waals surface area contributed by atoms with Crippen molar-refractivity contribution in [2.75, 3.05) is 26.7 Å². The summed E-state index contributed by atoms with van der Waals surface area (Å²) < 4.78 is 24.9. The highest BCUT2D eigenvalue weighted by atomic mass is 19.1. The van der Waals surface area contributed by atoms with Crippen LogP contribution in [-0.4, -0.2) is 43.2 Å². The molecule has 27 heavy (non-hydrogen) atoms. The second-order valence-corrected chi connectivity index (χ2v) is 7.27. The second kappa shape index (κ2) is 7.19. The first-order valence-corrected chi connectivity index (χ1v) is 9.19. The predicted molar refractivity (Wildman–Crippen MR) is 99.6 cm³/mol. The molecule has 2 aliphatic heterocycles. The summed E-state index contributed by atoms with van der Waals surface area (Å²) in [4.78, 5) is 14.8. The number of carbonyl (C=O) groups excluding carboxylic acids is 1. The summed E-state index contributed by atoms with van der Waals surface area (Å²) in [6, 6.07) is 11.9. The Bertz CT molecular complexity index is 840. The van der Waals surface area contributed by atoms with Gasteiger partial charge in [-0.2, -0.15) is 0 Å². The summed E-state index contributed by atoms with van der Waals surface area (Å²) in [5, 5.41) is 3.01. The molecule has 6 heteroatoms. The Morgan fingerprint density at radius 3 is 2.85 bits per heavy atom. The van der Waals surface area contributed by atoms with Gasteiger partial charge in [0.2, 0.25) is 0 Å². The summed E-state index contributed by atoms with van der Waals surface area (Å²) >= 11 is 0. The van der Waals surface area contributed by atoms with Gasteiger partial charge in [0.25, 0.3) is 5.91 Å². The van der Waals surface area contributed by atoms with E-state index in [4.69, 9.17) is 9.47 Å². The zero-order chi connectivity index (χ0) is 18.9. The molecule has 142 valence electrons. The van der Waals surface area contributed by atoms with E-state index >= 15 is 0 Å². The normalized spacial score (nSPS) is 22.5. The van der Waals surface area contributed by atoms with E-state index in [0.717, 1.165) is 31.5 Å². The maximum atomic E-state index is 13.2. The summed E-state index contributed by atoms with van der Waals surface area (Å²) in [5.41, 5.74) is 1.11. The zero-order valence-electron chi connectivity index (χ0n) is 15.3. The van der Waals surface area contributed by atoms with Crippen LogP contribution in [0.15, 0.2) is 42.5 Å². The quantitative estimate of drug-likeness (QED) is 0.903. The first-order chi connectivity index (χ1) is 13.1. The molecule has 2 aromatic carbocycles. The van der Waals surface area contributed by atoms with Crippen molar-refractivity contribution < 1.29 is 18.7 Å². The number of fused-ring (bicyclic) bond motifs is 1. The average molecular weight is 370 g/mol. The number of ether oxygens (including phenoxy) is 2. The molecule has 1 fully saturated rings. The average Bonchev–Trinajstić information content (AvgIpc) is 2.80. The fraction of sp³-hybridized carbons (Fsp3) is 0.381. The summed E-state index contributed by atoms with van der Waals surface area (Å²) in [6.07, 6.45) is 1.83. The highest BCUT2D eigenvalue weighted by Gasteiger charge is 2.40. The van der Waals surface area contributed by atoms with Crippen LogP contribution in [0.25, 0.3) is 0 Å². The first kappa shape index (κ1) is 17.8. The van der Waals surface area contributed by atoms with E-state index in [1.165, 1.54) is 12.1 Å². The van der Waals surface area contributed by atoms with E-state index < -0.39 is 5.60 Å². The van der Waals surface area contributed by atoms with Gasteiger partial charge < -0.3 is 14.8 Å². The highest BCUT2D eigenvalue weighted by Crippen LogP contribution is 2.34. The number of methoxy groups -OCH3 is 1. The molecule has 0 unspecified atom stereocenters. The van der Waals surface area contributed by atoms with Crippen LogP contribution in [0.2, 0.25) is 0 Å². The number of likely N-dealkylation sites (tertiary alicyclic amines) is 1. The van der Waals surface area contributed by atoms with Crippen molar-refractivity contribution in [2.24, 2.45) is 0 Å². The summed E-state index contributed by atoms with van der Waals surface area (Å²) in [6.45, 7) is 2.83. The third kappa shape index (κ3) is 3.76. The molecule has 1 spiro atoms. The Kier molecular flexibility index (Phi) is 4.74. The molecule has 4 rings (SSSR count). The van der Waals surface area contributed by atoms with Gasteiger partial charge in [0.05, 0.1) is 19.2 Å². The number of hydrogen-bond acceptors (Lipinski definition) is 4. The Morgan fingerprint density at radius 2 is 2.07 bits per heavy atom. The first-order valence-electron chi connectivity index (χ1n) is 9.19. The van der Waals surface area contributed by atoms with Gasteiger partial charge in [-0.25, -0.2) is 4.39 Å². The van der Waals surface area contributed by atoms with Crippen molar-refractivity contribution in [1.29, 1.82) is 0 Å². The molecule has 0 aromatic heterocycles. The number of benzene rings is 2. The minimum Gasteiger partial charge on any atom is -0.497 e. The van der Waals surface area contributed by atoms with Crippen molar-refractivity contribution in [3.63, 3.8) is 0 Å². The monoisotopic (exact) mass is 370 g/mol. The molecule has 2 heterocycles. The Hall–Kier alpha value is -2.60. The fourth-order valence-electron chi connectivity index (χ4n) is 3.91. The van der Waals surface area contributed by atoms with E-state index in [2.05, 4.69) is 10.2 Å². The van der Waals surface area contributed by atoms with Gasteiger partial charge >= 0.3 is 0 Å². The molecule has 1 atom stereocenters. The predicted octanol–water partition coefficient (Wildman–Crippen LogP) is 2.99. The van der Waals surface area contributed by atoms with E-state index in [-0.39, 0.29) is 11.7 Å². The number of amides is 1. The highest BCUT2D eigenvalue weighted by molar-refractivity contribution is 5.97. The van der Waals surface area contributed by atoms with E-state index in [1.807, 2.05) is 12.1 Å². The number of rotatable bonds is 3. The van der Waals surface area contributed by atoms with Crippen molar-refractivity contribution in [3.8, 4) is 11.5 Å². The molecule has 0 bridgehead atoms. The van der Waals surface area contributed by atoms with Crippen LogP contribution >= 0.6 is 0 Å². The lowest BCUT2D eigenvalue weighted by atomic mass is 9.92. The van der Waals surface area contributed by atoms with Crippen LogP contribution in [0.3, 0.4) is 0 Å². The van der Waals surface area contributed by atoms with Crippen LogP contribution in [0.1, 0.15) is 28.8 Å². The molecule has 1 amide bonds. The van der Waals surface area contributed by atoms with Gasteiger partial charge in [-0.1, -0.05) is 12.1 Å². The standard InChI is InChI=1S/C21H23FN2O3/c1-26-17-7-8-18-19(11-17)27-21(13-23-20(18)25)9-2-10-24(14-21)12-15-3-5-16(22)6-4-15/h3-8,11H,2,9-10,12-14H2,1H3,(H,23,25)/t21-/m1/s1. The summed E-state index contributed by atoms with van der Waals surface area (Å²) in [7, 11) is 1.60. The lowest BCUT2D eigenvalue weighted by Gasteiger charge is -2.42. The van der Waals surface area contributed by atoms with Crippen LogP contribution in [0.5, 0.6) is 11.5 Å². The largest absolute Gasteiger partial charge is 0.497 e. The molecule has 0 radical (unpaired) electrons. The molecule has 1 N–H and O–H groups in total. The Labute approximate surface area is 158 Å². The van der Waals surface area contributed by atoms with Gasteiger partial charge in [0, 0.05) is 19.2 Å². The minimum absolute atomic E-state index is 0.125. The minimum atomic E-state index is -0.481. The van der Waals surface area contributed by atoms with E-state index in [0.29, 0.717) is 30.2 Å².